The number of benzene rings is 3. The third kappa shape index (κ3) is 5.59. The lowest BCUT2D eigenvalue weighted by atomic mass is 10.2. The summed E-state index contributed by atoms with van der Waals surface area (Å²) in [6.45, 7) is 3.91. The first-order valence-corrected chi connectivity index (χ1v) is 11.5. The van der Waals surface area contributed by atoms with Crippen LogP contribution in [0.4, 0.5) is 11.4 Å². The number of nitrogens with one attached hydrogen (secondary N) is 1. The molecule has 8 heteroatoms. The molecule has 0 saturated carbocycles. The van der Waals surface area contributed by atoms with Gasteiger partial charge in [0.2, 0.25) is 5.91 Å². The van der Waals surface area contributed by atoms with Gasteiger partial charge in [0.25, 0.3) is 10.0 Å². The fraction of sp³-hybridized carbons (Fsp3) is 0.208. The molecule has 3 aromatic rings. The van der Waals surface area contributed by atoms with Crippen LogP contribution in [0.15, 0.2) is 77.7 Å². The zero-order valence-corrected chi connectivity index (χ0v) is 19.1. The predicted molar refractivity (Wildman–Crippen MR) is 125 cm³/mol. The molecule has 0 spiro atoms. The second-order valence-electron chi connectivity index (χ2n) is 7.03. The van der Waals surface area contributed by atoms with Crippen molar-refractivity contribution in [3.63, 3.8) is 0 Å². The summed E-state index contributed by atoms with van der Waals surface area (Å²) in [7, 11) is -2.45. The second-order valence-corrected chi connectivity index (χ2v) is 8.89. The molecule has 3 rings (SSSR count). The van der Waals surface area contributed by atoms with Crippen LogP contribution in [0.5, 0.6) is 11.5 Å². The Balaban J connectivity index is 1.87. The number of methoxy groups -OCH3 is 1. The van der Waals surface area contributed by atoms with Gasteiger partial charge in [-0.2, -0.15) is 0 Å². The van der Waals surface area contributed by atoms with E-state index in [0.29, 0.717) is 29.5 Å². The van der Waals surface area contributed by atoms with Crippen LogP contribution in [0.1, 0.15) is 12.5 Å². The lowest BCUT2D eigenvalue weighted by Gasteiger charge is -2.24. The number of ether oxygens (including phenoxy) is 2. The number of amides is 1. The summed E-state index contributed by atoms with van der Waals surface area (Å²) in [4.78, 5) is 12.9. The summed E-state index contributed by atoms with van der Waals surface area (Å²) in [5.74, 6) is 0.799. The number of carbonyl (C=O) groups is 1. The minimum atomic E-state index is -3.98. The van der Waals surface area contributed by atoms with Gasteiger partial charge in [0, 0.05) is 5.69 Å². The van der Waals surface area contributed by atoms with E-state index in [1.165, 1.54) is 19.2 Å². The Morgan fingerprint density at radius 1 is 0.906 bits per heavy atom. The van der Waals surface area contributed by atoms with E-state index >= 15 is 0 Å². The summed E-state index contributed by atoms with van der Waals surface area (Å²) in [6, 6.07) is 19.9. The molecule has 1 amide bonds. The highest BCUT2D eigenvalue weighted by atomic mass is 32.2. The highest BCUT2D eigenvalue weighted by Crippen LogP contribution is 2.26. The number of carbonyl (C=O) groups excluding carboxylic acids is 1. The van der Waals surface area contributed by atoms with Crippen molar-refractivity contribution in [1.29, 1.82) is 0 Å². The van der Waals surface area contributed by atoms with Gasteiger partial charge in [-0.1, -0.05) is 17.7 Å². The molecule has 32 heavy (non-hydrogen) atoms. The van der Waals surface area contributed by atoms with Gasteiger partial charge in [-0.25, -0.2) is 8.42 Å². The van der Waals surface area contributed by atoms with Gasteiger partial charge in [-0.3, -0.25) is 9.10 Å². The number of nitrogens with zero attached hydrogens (tertiary/aromatic N) is 1. The van der Waals surface area contributed by atoms with Crippen molar-refractivity contribution in [3.8, 4) is 11.5 Å². The first-order valence-electron chi connectivity index (χ1n) is 10.1. The SMILES string of the molecule is CCOc1ccc(NC(=O)CN(c2ccc(OC)cc2)S(=O)(=O)c2ccc(C)cc2)cc1. The van der Waals surface area contributed by atoms with E-state index in [4.69, 9.17) is 9.47 Å². The number of hydrogen-bond donors (Lipinski definition) is 1. The Labute approximate surface area is 188 Å². The van der Waals surface area contributed by atoms with Crippen LogP contribution >= 0.6 is 0 Å². The number of anilines is 2. The van der Waals surface area contributed by atoms with Gasteiger partial charge in [0.1, 0.15) is 18.0 Å². The first kappa shape index (κ1) is 23.1. The van der Waals surface area contributed by atoms with Crippen molar-refractivity contribution >= 4 is 27.3 Å². The van der Waals surface area contributed by atoms with Crippen molar-refractivity contribution in [2.45, 2.75) is 18.7 Å². The van der Waals surface area contributed by atoms with Crippen molar-refractivity contribution in [2.24, 2.45) is 0 Å². The third-order valence-electron chi connectivity index (χ3n) is 4.71. The van der Waals surface area contributed by atoms with E-state index in [2.05, 4.69) is 5.32 Å². The monoisotopic (exact) mass is 454 g/mol. The highest BCUT2D eigenvalue weighted by molar-refractivity contribution is 7.92. The number of aryl methyl sites for hydroxylation is 1. The molecule has 3 aromatic carbocycles. The lowest BCUT2D eigenvalue weighted by Crippen LogP contribution is -2.38. The number of hydrogen-bond acceptors (Lipinski definition) is 5. The zero-order valence-electron chi connectivity index (χ0n) is 18.2. The van der Waals surface area contributed by atoms with Crippen molar-refractivity contribution in [2.75, 3.05) is 29.9 Å². The van der Waals surface area contributed by atoms with Crippen molar-refractivity contribution in [3.05, 3.63) is 78.4 Å². The Kier molecular flexibility index (Phi) is 7.37. The Bertz CT molecular complexity index is 1140. The van der Waals surface area contributed by atoms with Crippen LogP contribution in [-0.2, 0) is 14.8 Å². The highest BCUT2D eigenvalue weighted by Gasteiger charge is 2.27. The minimum absolute atomic E-state index is 0.104. The number of sulfonamides is 1. The van der Waals surface area contributed by atoms with Crippen molar-refractivity contribution < 1.29 is 22.7 Å². The van der Waals surface area contributed by atoms with Gasteiger partial charge < -0.3 is 14.8 Å². The van der Waals surface area contributed by atoms with Crippen LogP contribution in [0.3, 0.4) is 0 Å². The van der Waals surface area contributed by atoms with Crippen molar-refractivity contribution in [1.82, 2.24) is 0 Å². The molecule has 0 heterocycles. The van der Waals surface area contributed by atoms with Gasteiger partial charge in [-0.05, 0) is 74.5 Å². The van der Waals surface area contributed by atoms with E-state index in [-0.39, 0.29) is 4.90 Å². The number of rotatable bonds is 9. The van der Waals surface area contributed by atoms with Gasteiger partial charge in [-0.15, -0.1) is 0 Å². The average molecular weight is 455 g/mol. The summed E-state index contributed by atoms with van der Waals surface area (Å²) < 4.78 is 38.4. The topological polar surface area (TPSA) is 84.9 Å². The second kappa shape index (κ2) is 10.2. The fourth-order valence-electron chi connectivity index (χ4n) is 3.03. The molecule has 0 radical (unpaired) electrons. The summed E-state index contributed by atoms with van der Waals surface area (Å²) in [5.41, 5.74) is 1.84. The van der Waals surface area contributed by atoms with Gasteiger partial charge in [0.05, 0.1) is 24.3 Å². The van der Waals surface area contributed by atoms with Crippen LogP contribution in [0.25, 0.3) is 0 Å². The molecular formula is C24H26N2O5S. The van der Waals surface area contributed by atoms with E-state index in [1.54, 1.807) is 60.7 Å². The minimum Gasteiger partial charge on any atom is -0.497 e. The molecule has 0 aliphatic heterocycles. The molecular weight excluding hydrogens is 428 g/mol. The Morgan fingerprint density at radius 2 is 1.50 bits per heavy atom. The molecule has 0 fully saturated rings. The lowest BCUT2D eigenvalue weighted by molar-refractivity contribution is -0.114. The maximum absolute atomic E-state index is 13.4. The molecule has 0 aromatic heterocycles. The van der Waals surface area contributed by atoms with E-state index < -0.39 is 22.5 Å². The molecule has 168 valence electrons. The standard InChI is InChI=1S/C24H26N2O5S/c1-4-31-22-11-7-19(8-12-22)25-24(27)17-26(20-9-13-21(30-3)14-10-20)32(28,29)23-15-5-18(2)6-16-23/h5-16H,4,17H2,1-3H3,(H,25,27). The zero-order chi connectivity index (χ0) is 23.1. The summed E-state index contributed by atoms with van der Waals surface area (Å²) in [5, 5.41) is 2.74. The third-order valence-corrected chi connectivity index (χ3v) is 6.49. The first-order chi connectivity index (χ1) is 15.3. The maximum Gasteiger partial charge on any atom is 0.264 e. The fourth-order valence-corrected chi connectivity index (χ4v) is 4.45. The molecule has 0 bridgehead atoms. The van der Waals surface area contributed by atoms with E-state index in [1.807, 2.05) is 13.8 Å². The molecule has 7 nitrogen and oxygen atoms in total. The summed E-state index contributed by atoms with van der Waals surface area (Å²) >= 11 is 0. The van der Waals surface area contributed by atoms with Crippen LogP contribution in [0, 0.1) is 6.92 Å². The van der Waals surface area contributed by atoms with E-state index in [0.717, 1.165) is 9.87 Å². The molecule has 0 aliphatic rings. The molecule has 0 saturated heterocycles. The quantitative estimate of drug-likeness (QED) is 0.523. The normalized spacial score (nSPS) is 11.0. The van der Waals surface area contributed by atoms with Gasteiger partial charge in [0.15, 0.2) is 0 Å². The average Bonchev–Trinajstić information content (AvgIpc) is 2.79. The van der Waals surface area contributed by atoms with Crippen LogP contribution < -0.4 is 19.1 Å². The van der Waals surface area contributed by atoms with Gasteiger partial charge >= 0.3 is 0 Å². The maximum atomic E-state index is 13.4. The smallest absolute Gasteiger partial charge is 0.264 e. The molecule has 0 atom stereocenters. The molecule has 1 N–H and O–H groups in total. The Hall–Kier alpha value is -3.52. The van der Waals surface area contributed by atoms with Crippen LogP contribution in [-0.4, -0.2) is 34.6 Å². The largest absolute Gasteiger partial charge is 0.497 e. The Morgan fingerprint density at radius 3 is 2.06 bits per heavy atom. The molecule has 0 aliphatic carbocycles. The summed E-state index contributed by atoms with van der Waals surface area (Å²) in [6.07, 6.45) is 0. The molecule has 0 unspecified atom stereocenters. The van der Waals surface area contributed by atoms with E-state index in [9.17, 15) is 13.2 Å². The van der Waals surface area contributed by atoms with Crippen LogP contribution in [0.2, 0.25) is 0 Å². The predicted octanol–water partition coefficient (Wildman–Crippen LogP) is 4.24.